The molecule has 33 heavy (non-hydrogen) atoms. The van der Waals surface area contributed by atoms with E-state index in [0.29, 0.717) is 51.9 Å². The van der Waals surface area contributed by atoms with Crippen LogP contribution in [0.5, 0.6) is 5.88 Å². The van der Waals surface area contributed by atoms with Crippen LogP contribution in [-0.2, 0) is 19.5 Å². The molecule has 1 aliphatic rings. The van der Waals surface area contributed by atoms with Gasteiger partial charge in [-0.25, -0.2) is 9.89 Å². The van der Waals surface area contributed by atoms with Gasteiger partial charge in [0.15, 0.2) is 0 Å². The lowest BCUT2D eigenvalue weighted by molar-refractivity contribution is 0.0732. The first-order chi connectivity index (χ1) is 16.0. The van der Waals surface area contributed by atoms with Gasteiger partial charge in [-0.15, -0.1) is 5.10 Å². The number of nitrogens with zero attached hydrogens (tertiary/aromatic N) is 4. The second-order valence-electron chi connectivity index (χ2n) is 7.48. The molecule has 168 valence electrons. The number of carbonyl (C=O) groups is 2. The Bertz CT molecular complexity index is 1370. The summed E-state index contributed by atoms with van der Waals surface area (Å²) in [6.45, 7) is 0.912. The number of aromatic nitrogens is 5. The molecule has 12 heteroatoms. The molecule has 0 saturated carbocycles. The zero-order valence-corrected chi connectivity index (χ0v) is 18.6. The van der Waals surface area contributed by atoms with Crippen LogP contribution in [0.2, 0.25) is 10.0 Å². The molecule has 0 bridgehead atoms. The van der Waals surface area contributed by atoms with E-state index in [9.17, 15) is 9.59 Å². The van der Waals surface area contributed by atoms with Crippen molar-refractivity contribution in [3.05, 3.63) is 68.8 Å². The zero-order valence-electron chi connectivity index (χ0n) is 17.1. The van der Waals surface area contributed by atoms with Crippen LogP contribution in [0.1, 0.15) is 27.2 Å². The van der Waals surface area contributed by atoms with Crippen molar-refractivity contribution in [1.29, 1.82) is 0 Å². The van der Waals surface area contributed by atoms with Crippen molar-refractivity contribution >= 4 is 46.2 Å². The average molecular weight is 486 g/mol. The molecule has 0 fully saturated rings. The molecular formula is C21H17Cl2N7O3. The second-order valence-corrected chi connectivity index (χ2v) is 8.32. The molecule has 0 unspecified atom stereocenters. The minimum atomic E-state index is -0.656. The molecule has 1 aliphatic heterocycles. The highest BCUT2D eigenvalue weighted by atomic mass is 35.5. The summed E-state index contributed by atoms with van der Waals surface area (Å²) in [6.07, 6.45) is -0.163. The lowest BCUT2D eigenvalue weighted by Gasteiger charge is -2.26. The fourth-order valence-electron chi connectivity index (χ4n) is 3.67. The van der Waals surface area contributed by atoms with E-state index >= 15 is 0 Å². The van der Waals surface area contributed by atoms with Gasteiger partial charge >= 0.3 is 6.09 Å². The third kappa shape index (κ3) is 4.35. The van der Waals surface area contributed by atoms with Gasteiger partial charge < -0.3 is 15.0 Å². The van der Waals surface area contributed by atoms with E-state index in [4.69, 9.17) is 27.9 Å². The Morgan fingerprint density at radius 1 is 1.15 bits per heavy atom. The second kappa shape index (κ2) is 8.72. The Morgan fingerprint density at radius 2 is 2.03 bits per heavy atom. The maximum Gasteiger partial charge on any atom is 0.414 e. The topological polar surface area (TPSA) is 129 Å². The molecule has 2 amide bonds. The Balaban J connectivity index is 1.22. The number of hydrogen-bond acceptors (Lipinski definition) is 6. The number of carbonyl (C=O) groups excluding carboxylic acids is 2. The number of rotatable bonds is 4. The van der Waals surface area contributed by atoms with Crippen molar-refractivity contribution in [2.45, 2.75) is 19.5 Å². The highest BCUT2D eigenvalue weighted by Gasteiger charge is 2.27. The Kier molecular flexibility index (Phi) is 5.61. The monoisotopic (exact) mass is 485 g/mol. The quantitative estimate of drug-likeness (QED) is 0.405. The summed E-state index contributed by atoms with van der Waals surface area (Å²) >= 11 is 12.1. The third-order valence-electron chi connectivity index (χ3n) is 5.37. The zero-order chi connectivity index (χ0) is 22.9. The molecule has 0 spiro atoms. The number of aromatic amines is 2. The Hall–Kier alpha value is -3.63. The number of amides is 2. The van der Waals surface area contributed by atoms with Crippen LogP contribution in [0.4, 0.5) is 4.79 Å². The van der Waals surface area contributed by atoms with Crippen LogP contribution in [0.15, 0.2) is 36.4 Å². The van der Waals surface area contributed by atoms with Gasteiger partial charge in [-0.2, -0.15) is 5.10 Å². The van der Waals surface area contributed by atoms with Gasteiger partial charge in [-0.05, 0) is 48.4 Å². The number of fused-ring (bicyclic) bond motifs is 2. The van der Waals surface area contributed by atoms with Gasteiger partial charge in [0.1, 0.15) is 5.52 Å². The van der Waals surface area contributed by atoms with Gasteiger partial charge in [0, 0.05) is 34.3 Å². The van der Waals surface area contributed by atoms with E-state index in [1.165, 1.54) is 0 Å². The summed E-state index contributed by atoms with van der Waals surface area (Å²) in [5.74, 6) is 0.128. The molecule has 0 radical (unpaired) electrons. The average Bonchev–Trinajstić information content (AvgIpc) is 3.45. The fraction of sp³-hybridized carbons (Fsp3) is 0.190. The lowest BCUT2D eigenvalue weighted by atomic mass is 10.1. The summed E-state index contributed by atoms with van der Waals surface area (Å²) in [4.78, 5) is 26.9. The van der Waals surface area contributed by atoms with Crippen LogP contribution >= 0.6 is 23.2 Å². The summed E-state index contributed by atoms with van der Waals surface area (Å²) in [6, 6.07) is 10.2. The first-order valence-corrected chi connectivity index (χ1v) is 10.8. The Labute approximate surface area is 197 Å². The molecule has 0 aliphatic carbocycles. The molecule has 4 aromatic rings. The van der Waals surface area contributed by atoms with Crippen molar-refractivity contribution in [1.82, 2.24) is 35.8 Å². The van der Waals surface area contributed by atoms with E-state index < -0.39 is 6.09 Å². The van der Waals surface area contributed by atoms with E-state index in [0.717, 1.165) is 11.1 Å². The molecule has 5 rings (SSSR count). The van der Waals surface area contributed by atoms with Crippen molar-refractivity contribution in [3.8, 4) is 5.88 Å². The highest BCUT2D eigenvalue weighted by Crippen LogP contribution is 2.27. The largest absolute Gasteiger partial charge is 0.414 e. The summed E-state index contributed by atoms with van der Waals surface area (Å²) in [5.41, 5.74) is 3.99. The van der Waals surface area contributed by atoms with Crippen LogP contribution < -0.4 is 10.1 Å². The molecule has 2 aromatic carbocycles. The number of ether oxygens (including phenoxy) is 1. The van der Waals surface area contributed by atoms with E-state index in [-0.39, 0.29) is 18.3 Å². The number of benzene rings is 2. The predicted octanol–water partition coefficient (Wildman–Crippen LogP) is 3.47. The van der Waals surface area contributed by atoms with Crippen molar-refractivity contribution < 1.29 is 14.3 Å². The van der Waals surface area contributed by atoms with Gasteiger partial charge in [0.05, 0.1) is 17.8 Å². The van der Waals surface area contributed by atoms with Crippen LogP contribution in [0.3, 0.4) is 0 Å². The standard InChI is InChI=1S/C21H17Cl2N7O3/c22-13-2-3-15(23)12(7-13)9-24-21(32)33-19-14-5-6-30(10-18(14)25-28-19)20(31)11-1-4-16-17(8-11)27-29-26-16/h1-4,7-8H,5-6,9-10H2,(H,24,32)(H,25,28)(H,26,27,29). The number of H-pyrrole nitrogens is 2. The normalized spacial score (nSPS) is 13.1. The molecular weight excluding hydrogens is 469 g/mol. The maximum atomic E-state index is 12.9. The third-order valence-corrected chi connectivity index (χ3v) is 5.98. The number of halogens is 2. The summed E-state index contributed by atoms with van der Waals surface area (Å²) in [7, 11) is 0. The van der Waals surface area contributed by atoms with Crippen LogP contribution in [-0.4, -0.2) is 49.1 Å². The predicted molar refractivity (Wildman–Crippen MR) is 120 cm³/mol. The lowest BCUT2D eigenvalue weighted by Crippen LogP contribution is -2.36. The van der Waals surface area contributed by atoms with Gasteiger partial charge in [-0.1, -0.05) is 28.4 Å². The van der Waals surface area contributed by atoms with E-state index in [2.05, 4.69) is 30.9 Å². The summed E-state index contributed by atoms with van der Waals surface area (Å²) in [5, 5.41) is 21.1. The van der Waals surface area contributed by atoms with E-state index in [1.54, 1.807) is 41.3 Å². The molecule has 10 nitrogen and oxygen atoms in total. The Morgan fingerprint density at radius 3 is 2.91 bits per heavy atom. The van der Waals surface area contributed by atoms with Crippen molar-refractivity contribution in [2.24, 2.45) is 0 Å². The molecule has 2 aromatic heterocycles. The van der Waals surface area contributed by atoms with E-state index in [1.807, 2.05) is 0 Å². The molecule has 3 N–H and O–H groups in total. The minimum Gasteiger partial charge on any atom is -0.391 e. The van der Waals surface area contributed by atoms with Crippen molar-refractivity contribution in [3.63, 3.8) is 0 Å². The van der Waals surface area contributed by atoms with Gasteiger partial charge in [0.25, 0.3) is 5.91 Å². The molecule has 0 saturated heterocycles. The first kappa shape index (κ1) is 21.2. The molecule has 3 heterocycles. The fourth-order valence-corrected chi connectivity index (χ4v) is 4.05. The van der Waals surface area contributed by atoms with Crippen molar-refractivity contribution in [2.75, 3.05) is 6.54 Å². The highest BCUT2D eigenvalue weighted by molar-refractivity contribution is 6.33. The molecule has 0 atom stereocenters. The number of hydrogen-bond donors (Lipinski definition) is 3. The SMILES string of the molecule is O=C(NCc1cc(Cl)ccc1Cl)Oc1[nH]nc2c1CCN(C(=O)c1ccc3[nH]nnc3c1)C2. The van der Waals surface area contributed by atoms with Gasteiger partial charge in [0.2, 0.25) is 5.88 Å². The maximum absolute atomic E-state index is 12.9. The van der Waals surface area contributed by atoms with Crippen LogP contribution in [0, 0.1) is 0 Å². The summed E-state index contributed by atoms with van der Waals surface area (Å²) < 4.78 is 5.40. The van der Waals surface area contributed by atoms with Crippen LogP contribution in [0.25, 0.3) is 11.0 Å². The minimum absolute atomic E-state index is 0.132. The number of nitrogens with one attached hydrogen (secondary N) is 3. The smallest absolute Gasteiger partial charge is 0.391 e. The first-order valence-electron chi connectivity index (χ1n) is 10.0. The van der Waals surface area contributed by atoms with Gasteiger partial charge in [-0.3, -0.25) is 9.89 Å².